The molecule has 0 aliphatic carbocycles. The van der Waals surface area contributed by atoms with Crippen LogP contribution in [0.15, 0.2) is 71.6 Å². The van der Waals surface area contributed by atoms with E-state index >= 15 is 0 Å². The summed E-state index contributed by atoms with van der Waals surface area (Å²) in [5.74, 6) is 1.55. The smallest absolute Gasteiger partial charge is 0.231 e. The number of aromatic nitrogens is 2. The fourth-order valence-corrected chi connectivity index (χ4v) is 3.94. The molecule has 2 aromatic heterocycles. The molecule has 5 nitrogen and oxygen atoms in total. The van der Waals surface area contributed by atoms with Gasteiger partial charge in [-0.3, -0.25) is 0 Å². The minimum absolute atomic E-state index is 0.270. The van der Waals surface area contributed by atoms with Crippen molar-refractivity contribution < 1.29 is 9.47 Å². The largest absolute Gasteiger partial charge is 0.454 e. The van der Waals surface area contributed by atoms with Crippen LogP contribution in [-0.4, -0.2) is 16.6 Å². The summed E-state index contributed by atoms with van der Waals surface area (Å²) in [4.78, 5) is 0. The average molecular weight is 389 g/mol. The molecule has 0 bridgehead atoms. The lowest BCUT2D eigenvalue weighted by molar-refractivity contribution is 0.174. The van der Waals surface area contributed by atoms with Gasteiger partial charge >= 0.3 is 0 Å². The Labute approximate surface area is 167 Å². The highest BCUT2D eigenvalue weighted by atomic mass is 32.1. The molecule has 28 heavy (non-hydrogen) atoms. The first-order valence-corrected chi connectivity index (χ1v) is 10.1. The molecule has 0 unspecified atom stereocenters. The predicted octanol–water partition coefficient (Wildman–Crippen LogP) is 4.62. The molecule has 3 heterocycles. The van der Waals surface area contributed by atoms with Gasteiger partial charge in [0.25, 0.3) is 0 Å². The van der Waals surface area contributed by atoms with E-state index in [1.54, 1.807) is 11.3 Å². The lowest BCUT2D eigenvalue weighted by atomic mass is 10.1. The van der Waals surface area contributed by atoms with Crippen LogP contribution >= 0.6 is 11.3 Å². The molecule has 0 fully saturated rings. The molecule has 1 aliphatic heterocycles. The Morgan fingerprint density at radius 1 is 1.00 bits per heavy atom. The maximum atomic E-state index is 5.55. The van der Waals surface area contributed by atoms with Crippen molar-refractivity contribution in [2.45, 2.75) is 13.1 Å². The standard InChI is InChI=1S/C22H19N3O2S/c1-2-4-19(5-3-1)25-13-18(12-23-11-16-8-9-28-14-16)22(24-25)17-6-7-20-21(10-17)27-15-26-20/h1-10,13-14,23H,11-12,15H2. The molecule has 4 aromatic rings. The van der Waals surface area contributed by atoms with Crippen LogP contribution in [0.4, 0.5) is 0 Å². The van der Waals surface area contributed by atoms with Crippen molar-refractivity contribution in [3.63, 3.8) is 0 Å². The molecule has 5 rings (SSSR count). The van der Waals surface area contributed by atoms with Gasteiger partial charge in [0.2, 0.25) is 6.79 Å². The molecular weight excluding hydrogens is 370 g/mol. The summed E-state index contributed by atoms with van der Waals surface area (Å²) < 4.78 is 12.9. The maximum Gasteiger partial charge on any atom is 0.231 e. The Morgan fingerprint density at radius 2 is 1.89 bits per heavy atom. The number of nitrogens with one attached hydrogen (secondary N) is 1. The second-order valence-electron chi connectivity index (χ2n) is 6.59. The molecule has 140 valence electrons. The molecule has 0 spiro atoms. The SMILES string of the molecule is c1ccc(-n2cc(CNCc3ccsc3)c(-c3ccc4c(c3)OCO4)n2)cc1. The molecule has 0 saturated heterocycles. The number of nitrogens with zero attached hydrogens (tertiary/aromatic N) is 2. The summed E-state index contributed by atoms with van der Waals surface area (Å²) in [5, 5.41) is 12.7. The second kappa shape index (κ2) is 7.50. The van der Waals surface area contributed by atoms with Crippen LogP contribution in [0.5, 0.6) is 11.5 Å². The zero-order chi connectivity index (χ0) is 18.8. The van der Waals surface area contributed by atoms with Crippen LogP contribution in [0.1, 0.15) is 11.1 Å². The summed E-state index contributed by atoms with van der Waals surface area (Å²) in [6.45, 7) is 1.83. The van der Waals surface area contributed by atoms with Crippen LogP contribution in [-0.2, 0) is 13.1 Å². The lowest BCUT2D eigenvalue weighted by Crippen LogP contribution is -2.12. The first-order chi connectivity index (χ1) is 13.9. The second-order valence-corrected chi connectivity index (χ2v) is 7.37. The zero-order valence-corrected chi connectivity index (χ0v) is 16.0. The Morgan fingerprint density at radius 3 is 2.75 bits per heavy atom. The van der Waals surface area contributed by atoms with E-state index in [4.69, 9.17) is 14.6 Å². The van der Waals surface area contributed by atoms with Gasteiger partial charge in [-0.2, -0.15) is 16.4 Å². The van der Waals surface area contributed by atoms with E-state index in [1.807, 2.05) is 41.1 Å². The molecule has 2 aromatic carbocycles. The van der Waals surface area contributed by atoms with Crippen molar-refractivity contribution in [3.05, 3.63) is 82.7 Å². The zero-order valence-electron chi connectivity index (χ0n) is 15.2. The number of ether oxygens (including phenoxy) is 2. The van der Waals surface area contributed by atoms with E-state index in [-0.39, 0.29) is 6.79 Å². The van der Waals surface area contributed by atoms with Gasteiger partial charge in [0.05, 0.1) is 11.4 Å². The normalized spacial score (nSPS) is 12.4. The van der Waals surface area contributed by atoms with Gasteiger partial charge in [-0.25, -0.2) is 4.68 Å². The molecule has 1 N–H and O–H groups in total. The van der Waals surface area contributed by atoms with E-state index in [2.05, 4.69) is 40.5 Å². The monoisotopic (exact) mass is 389 g/mol. The van der Waals surface area contributed by atoms with Crippen molar-refractivity contribution in [3.8, 4) is 28.4 Å². The highest BCUT2D eigenvalue weighted by Gasteiger charge is 2.18. The van der Waals surface area contributed by atoms with Gasteiger partial charge in [0, 0.05) is 30.4 Å². The molecule has 6 heteroatoms. The molecule has 0 atom stereocenters. The van der Waals surface area contributed by atoms with Gasteiger partial charge in [0.15, 0.2) is 11.5 Å². The topological polar surface area (TPSA) is 48.3 Å². The van der Waals surface area contributed by atoms with Crippen molar-refractivity contribution in [2.75, 3.05) is 6.79 Å². The Kier molecular flexibility index (Phi) is 4.56. The molecule has 0 saturated carbocycles. The highest BCUT2D eigenvalue weighted by Crippen LogP contribution is 2.36. The van der Waals surface area contributed by atoms with Gasteiger partial charge < -0.3 is 14.8 Å². The van der Waals surface area contributed by atoms with E-state index in [0.717, 1.165) is 47.1 Å². The van der Waals surface area contributed by atoms with Crippen molar-refractivity contribution >= 4 is 11.3 Å². The predicted molar refractivity (Wildman–Crippen MR) is 110 cm³/mol. The van der Waals surface area contributed by atoms with Gasteiger partial charge in [-0.1, -0.05) is 18.2 Å². The number of fused-ring (bicyclic) bond motifs is 1. The minimum atomic E-state index is 0.270. The number of hydrogen-bond acceptors (Lipinski definition) is 5. The number of benzene rings is 2. The molecule has 0 radical (unpaired) electrons. The summed E-state index contributed by atoms with van der Waals surface area (Å²) >= 11 is 1.72. The lowest BCUT2D eigenvalue weighted by Gasteiger charge is -2.05. The van der Waals surface area contributed by atoms with E-state index in [0.29, 0.717) is 0 Å². The van der Waals surface area contributed by atoms with Gasteiger partial charge in [0.1, 0.15) is 0 Å². The maximum absolute atomic E-state index is 5.55. The third-order valence-corrected chi connectivity index (χ3v) is 5.41. The first kappa shape index (κ1) is 17.0. The van der Waals surface area contributed by atoms with E-state index in [1.165, 1.54) is 5.56 Å². The van der Waals surface area contributed by atoms with Gasteiger partial charge in [-0.15, -0.1) is 0 Å². The van der Waals surface area contributed by atoms with Gasteiger partial charge in [-0.05, 0) is 52.7 Å². The van der Waals surface area contributed by atoms with Crippen LogP contribution in [0.2, 0.25) is 0 Å². The highest BCUT2D eigenvalue weighted by molar-refractivity contribution is 7.07. The summed E-state index contributed by atoms with van der Waals surface area (Å²) in [5.41, 5.74) is 5.43. The molecule has 0 amide bonds. The third kappa shape index (κ3) is 3.40. The average Bonchev–Trinajstić information content (AvgIpc) is 3.49. The fraction of sp³-hybridized carbons (Fsp3) is 0.136. The number of thiophene rings is 1. The van der Waals surface area contributed by atoms with E-state index in [9.17, 15) is 0 Å². The van der Waals surface area contributed by atoms with Crippen molar-refractivity contribution in [2.24, 2.45) is 0 Å². The van der Waals surface area contributed by atoms with Crippen LogP contribution in [0, 0.1) is 0 Å². The van der Waals surface area contributed by atoms with E-state index < -0.39 is 0 Å². The van der Waals surface area contributed by atoms with Crippen molar-refractivity contribution in [1.29, 1.82) is 0 Å². The van der Waals surface area contributed by atoms with Crippen LogP contribution in [0.25, 0.3) is 16.9 Å². The first-order valence-electron chi connectivity index (χ1n) is 9.12. The number of hydrogen-bond donors (Lipinski definition) is 1. The van der Waals surface area contributed by atoms with Crippen molar-refractivity contribution in [1.82, 2.24) is 15.1 Å². The minimum Gasteiger partial charge on any atom is -0.454 e. The quantitative estimate of drug-likeness (QED) is 0.523. The fourth-order valence-electron chi connectivity index (χ4n) is 3.27. The summed E-state index contributed by atoms with van der Waals surface area (Å²) in [6, 6.07) is 18.3. The Balaban J connectivity index is 1.47. The Bertz CT molecular complexity index is 1070. The molecular formula is C22H19N3O2S. The third-order valence-electron chi connectivity index (χ3n) is 4.68. The summed E-state index contributed by atoms with van der Waals surface area (Å²) in [6.07, 6.45) is 2.09. The molecule has 1 aliphatic rings. The number of para-hydroxylation sites is 1. The Hall–Kier alpha value is -3.09. The van der Waals surface area contributed by atoms with Crippen LogP contribution < -0.4 is 14.8 Å². The number of rotatable bonds is 6. The summed E-state index contributed by atoms with van der Waals surface area (Å²) in [7, 11) is 0. The van der Waals surface area contributed by atoms with Crippen LogP contribution in [0.3, 0.4) is 0 Å².